The molecule has 1 fully saturated rings. The highest BCUT2D eigenvalue weighted by molar-refractivity contribution is 8.13. The lowest BCUT2D eigenvalue weighted by atomic mass is 10.0. The second kappa shape index (κ2) is 12.2. The number of benzene rings is 2. The first-order valence-corrected chi connectivity index (χ1v) is 12.1. The zero-order chi connectivity index (χ0) is 22.9. The number of unbranched alkanes of at least 4 members (excludes halogenated alkanes) is 1. The summed E-state index contributed by atoms with van der Waals surface area (Å²) in [7, 11) is 2.08. The average Bonchev–Trinajstić information content (AvgIpc) is 2.80. The van der Waals surface area contributed by atoms with Crippen LogP contribution in [0.5, 0.6) is 5.75 Å². The molecule has 0 spiro atoms. The van der Waals surface area contributed by atoms with Crippen LogP contribution < -0.4 is 4.74 Å². The second-order valence-electron chi connectivity index (χ2n) is 7.89. The smallest absolute Gasteiger partial charge is 0.164 e. The van der Waals surface area contributed by atoms with Crippen molar-refractivity contribution in [3.8, 4) is 5.75 Å². The van der Waals surface area contributed by atoms with Crippen molar-refractivity contribution in [2.24, 2.45) is 4.99 Å². The average molecular weight is 466 g/mol. The van der Waals surface area contributed by atoms with Crippen molar-refractivity contribution in [1.29, 1.82) is 0 Å². The number of piperidine rings is 1. The molecule has 174 valence electrons. The Morgan fingerprint density at radius 1 is 1.06 bits per heavy atom. The first-order chi connectivity index (χ1) is 15.5. The molecular formula is C24H30F3N3OS. The summed E-state index contributed by atoms with van der Waals surface area (Å²) in [4.78, 5) is 9.38. The maximum Gasteiger partial charge on any atom is 0.164 e. The van der Waals surface area contributed by atoms with E-state index in [1.165, 1.54) is 18.2 Å². The fourth-order valence-electron chi connectivity index (χ4n) is 3.78. The minimum Gasteiger partial charge on any atom is -0.493 e. The summed E-state index contributed by atoms with van der Waals surface area (Å²) in [6.07, 6.45) is 5.98. The third-order valence-electron chi connectivity index (χ3n) is 5.67. The highest BCUT2D eigenvalue weighted by atomic mass is 32.2. The van der Waals surface area contributed by atoms with Crippen molar-refractivity contribution in [3.63, 3.8) is 0 Å². The second-order valence-corrected chi connectivity index (χ2v) is 8.66. The van der Waals surface area contributed by atoms with Crippen molar-refractivity contribution in [3.05, 3.63) is 59.9 Å². The lowest BCUT2D eigenvalue weighted by molar-refractivity contribution is 0.162. The van der Waals surface area contributed by atoms with Crippen LogP contribution in [0, 0.1) is 17.5 Å². The standard InChI is InChI=1S/C24H30F3N3OS/c1-29(24(32-2)28-19-7-5-18(25)6-8-19)20-11-14-30(15-12-20)13-3-4-16-31-21-9-10-22(26)23(27)17-21/h5-10,17,20H,3-4,11-16H2,1-2H3. The molecule has 1 saturated heterocycles. The Hall–Kier alpha value is -2.19. The number of aliphatic imine (C=N–C) groups is 1. The van der Waals surface area contributed by atoms with Gasteiger partial charge in [0.25, 0.3) is 0 Å². The van der Waals surface area contributed by atoms with Crippen molar-refractivity contribution < 1.29 is 17.9 Å². The summed E-state index contributed by atoms with van der Waals surface area (Å²) in [5, 5.41) is 0.935. The Morgan fingerprint density at radius 3 is 2.44 bits per heavy atom. The summed E-state index contributed by atoms with van der Waals surface area (Å²) in [5.41, 5.74) is 0.755. The molecule has 2 aromatic rings. The molecule has 0 N–H and O–H groups in total. The molecule has 0 unspecified atom stereocenters. The molecule has 0 bridgehead atoms. The van der Waals surface area contributed by atoms with Gasteiger partial charge in [-0.3, -0.25) is 0 Å². The Labute approximate surface area is 192 Å². The van der Waals surface area contributed by atoms with Gasteiger partial charge in [-0.1, -0.05) is 11.8 Å². The molecule has 3 rings (SSSR count). The summed E-state index contributed by atoms with van der Waals surface area (Å²) in [5.74, 6) is -1.65. The van der Waals surface area contributed by atoms with Gasteiger partial charge in [-0.05, 0) is 74.9 Å². The van der Waals surface area contributed by atoms with E-state index in [4.69, 9.17) is 4.74 Å². The largest absolute Gasteiger partial charge is 0.493 e. The van der Waals surface area contributed by atoms with Gasteiger partial charge in [-0.25, -0.2) is 18.2 Å². The Balaban J connectivity index is 1.37. The molecule has 1 aliphatic rings. The van der Waals surface area contributed by atoms with Gasteiger partial charge in [0.15, 0.2) is 16.8 Å². The van der Waals surface area contributed by atoms with Crippen LogP contribution >= 0.6 is 11.8 Å². The van der Waals surface area contributed by atoms with Gasteiger partial charge >= 0.3 is 0 Å². The van der Waals surface area contributed by atoms with E-state index in [2.05, 4.69) is 21.8 Å². The van der Waals surface area contributed by atoms with Crippen LogP contribution in [0.4, 0.5) is 18.9 Å². The molecule has 32 heavy (non-hydrogen) atoms. The summed E-state index contributed by atoms with van der Waals surface area (Å²) in [6, 6.07) is 10.3. The molecule has 4 nitrogen and oxygen atoms in total. The molecule has 0 aromatic heterocycles. The molecular weight excluding hydrogens is 435 g/mol. The van der Waals surface area contributed by atoms with Crippen LogP contribution in [0.1, 0.15) is 25.7 Å². The van der Waals surface area contributed by atoms with E-state index in [1.54, 1.807) is 23.9 Å². The van der Waals surface area contributed by atoms with Crippen LogP contribution in [-0.4, -0.2) is 60.6 Å². The summed E-state index contributed by atoms with van der Waals surface area (Å²) in [6.45, 7) is 3.53. The van der Waals surface area contributed by atoms with Crippen LogP contribution in [0.25, 0.3) is 0 Å². The van der Waals surface area contributed by atoms with Gasteiger partial charge in [0.2, 0.25) is 0 Å². The topological polar surface area (TPSA) is 28.1 Å². The highest BCUT2D eigenvalue weighted by Gasteiger charge is 2.24. The molecule has 1 aliphatic heterocycles. The van der Waals surface area contributed by atoms with Crippen LogP contribution in [0.3, 0.4) is 0 Å². The molecule has 0 radical (unpaired) electrons. The zero-order valence-electron chi connectivity index (χ0n) is 18.6. The van der Waals surface area contributed by atoms with E-state index in [1.807, 2.05) is 6.26 Å². The Kier molecular flexibility index (Phi) is 9.29. The highest BCUT2D eigenvalue weighted by Crippen LogP contribution is 2.22. The lowest BCUT2D eigenvalue weighted by Gasteiger charge is -2.37. The van der Waals surface area contributed by atoms with Crippen LogP contribution in [0.2, 0.25) is 0 Å². The molecule has 0 amide bonds. The predicted octanol–water partition coefficient (Wildman–Crippen LogP) is 5.71. The number of hydrogen-bond acceptors (Lipinski definition) is 4. The monoisotopic (exact) mass is 465 g/mol. The first-order valence-electron chi connectivity index (χ1n) is 10.9. The van der Waals surface area contributed by atoms with E-state index >= 15 is 0 Å². The number of halogens is 3. The number of ether oxygens (including phenoxy) is 1. The Morgan fingerprint density at radius 2 is 1.78 bits per heavy atom. The van der Waals surface area contributed by atoms with Gasteiger partial charge in [-0.2, -0.15) is 0 Å². The number of likely N-dealkylation sites (tertiary alicyclic amines) is 1. The van der Waals surface area contributed by atoms with Gasteiger partial charge in [0, 0.05) is 32.2 Å². The van der Waals surface area contributed by atoms with Gasteiger partial charge in [0.05, 0.1) is 12.3 Å². The van der Waals surface area contributed by atoms with E-state index in [-0.39, 0.29) is 5.82 Å². The van der Waals surface area contributed by atoms with Crippen LogP contribution in [0.15, 0.2) is 47.5 Å². The zero-order valence-corrected chi connectivity index (χ0v) is 19.4. The van der Waals surface area contributed by atoms with E-state index < -0.39 is 11.6 Å². The van der Waals surface area contributed by atoms with E-state index in [9.17, 15) is 13.2 Å². The SMILES string of the molecule is CSC(=Nc1ccc(F)cc1)N(C)C1CCN(CCCCOc2ccc(F)c(F)c2)CC1. The maximum absolute atomic E-state index is 13.2. The third-order valence-corrected chi connectivity index (χ3v) is 6.41. The molecule has 1 heterocycles. The fourth-order valence-corrected chi connectivity index (χ4v) is 4.41. The quantitative estimate of drug-likeness (QED) is 0.284. The summed E-state index contributed by atoms with van der Waals surface area (Å²) < 4.78 is 44.8. The number of thioether (sulfide) groups is 1. The van der Waals surface area contributed by atoms with Gasteiger partial charge in [-0.15, -0.1) is 0 Å². The minimum absolute atomic E-state index is 0.258. The molecule has 0 saturated carbocycles. The fraction of sp³-hybridized carbons (Fsp3) is 0.458. The molecule has 0 aliphatic carbocycles. The number of rotatable bonds is 8. The minimum atomic E-state index is -0.886. The number of amidine groups is 1. The maximum atomic E-state index is 13.2. The Bertz CT molecular complexity index is 887. The molecule has 0 atom stereocenters. The van der Waals surface area contributed by atoms with Gasteiger partial charge < -0.3 is 14.5 Å². The van der Waals surface area contributed by atoms with E-state index in [0.29, 0.717) is 18.4 Å². The van der Waals surface area contributed by atoms with Crippen molar-refractivity contribution in [1.82, 2.24) is 9.80 Å². The normalized spacial score (nSPS) is 15.7. The summed E-state index contributed by atoms with van der Waals surface area (Å²) >= 11 is 1.60. The van der Waals surface area contributed by atoms with Crippen LogP contribution in [-0.2, 0) is 0 Å². The van der Waals surface area contributed by atoms with Gasteiger partial charge in [0.1, 0.15) is 11.6 Å². The number of hydrogen-bond donors (Lipinski definition) is 0. The van der Waals surface area contributed by atoms with Crippen molar-refractivity contribution in [2.45, 2.75) is 31.7 Å². The number of nitrogens with zero attached hydrogens (tertiary/aromatic N) is 3. The first kappa shape index (κ1) is 24.5. The van der Waals surface area contributed by atoms with Crippen molar-refractivity contribution >= 4 is 22.6 Å². The predicted molar refractivity (Wildman–Crippen MR) is 125 cm³/mol. The van der Waals surface area contributed by atoms with E-state index in [0.717, 1.165) is 68.3 Å². The molecule has 2 aromatic carbocycles. The molecule has 8 heteroatoms. The third kappa shape index (κ3) is 7.17. The lowest BCUT2D eigenvalue weighted by Crippen LogP contribution is -2.45. The van der Waals surface area contributed by atoms with Crippen molar-refractivity contribution in [2.75, 3.05) is 39.5 Å².